The molecule has 0 bridgehead atoms. The van der Waals surface area contributed by atoms with E-state index in [9.17, 15) is 0 Å². The van der Waals surface area contributed by atoms with Gasteiger partial charge < -0.3 is 10.5 Å². The average molecular weight is 207 g/mol. The van der Waals surface area contributed by atoms with Crippen LogP contribution in [0.5, 0.6) is 5.75 Å². The first-order chi connectivity index (χ1) is 6.63. The summed E-state index contributed by atoms with van der Waals surface area (Å²) in [7, 11) is -0.543. The standard InChI is InChI=1S/C10H15N2OSi/c1-4-10(14(2)3)13-9-5-8(11)6-12-7-9/h4-7,10H,1,11H2,2-3H3. The van der Waals surface area contributed by atoms with Gasteiger partial charge in [0, 0.05) is 6.07 Å². The molecule has 1 heterocycles. The summed E-state index contributed by atoms with van der Waals surface area (Å²) in [5.41, 5.74) is 6.31. The highest BCUT2D eigenvalue weighted by Crippen LogP contribution is 2.15. The topological polar surface area (TPSA) is 48.1 Å². The van der Waals surface area contributed by atoms with Gasteiger partial charge in [-0.1, -0.05) is 25.7 Å². The van der Waals surface area contributed by atoms with Gasteiger partial charge in [0.1, 0.15) is 11.5 Å². The van der Waals surface area contributed by atoms with Crippen LogP contribution in [0.25, 0.3) is 0 Å². The van der Waals surface area contributed by atoms with Crippen LogP contribution in [-0.4, -0.2) is 19.5 Å². The van der Waals surface area contributed by atoms with E-state index in [4.69, 9.17) is 10.5 Å². The van der Waals surface area contributed by atoms with Crippen LogP contribution in [0.3, 0.4) is 0 Å². The SMILES string of the molecule is C=CC(Oc1cncc(N)c1)[Si](C)C. The molecular weight excluding hydrogens is 192 g/mol. The minimum absolute atomic E-state index is 0.101. The van der Waals surface area contributed by atoms with Gasteiger partial charge in [-0.05, 0) is 0 Å². The Kier molecular flexibility index (Phi) is 3.70. The van der Waals surface area contributed by atoms with Gasteiger partial charge in [0.15, 0.2) is 0 Å². The molecule has 1 aromatic rings. The molecule has 0 aromatic carbocycles. The zero-order valence-corrected chi connectivity index (χ0v) is 9.53. The van der Waals surface area contributed by atoms with Gasteiger partial charge in [-0.2, -0.15) is 0 Å². The molecule has 0 aliphatic heterocycles. The molecule has 1 rings (SSSR count). The van der Waals surface area contributed by atoms with Crippen molar-refractivity contribution in [1.29, 1.82) is 0 Å². The molecule has 0 aliphatic rings. The van der Waals surface area contributed by atoms with Crippen molar-refractivity contribution in [3.63, 3.8) is 0 Å². The van der Waals surface area contributed by atoms with Crippen LogP contribution in [-0.2, 0) is 0 Å². The summed E-state index contributed by atoms with van der Waals surface area (Å²) in [5.74, 6) is 0.709. The largest absolute Gasteiger partial charge is 0.489 e. The van der Waals surface area contributed by atoms with Crippen LogP contribution in [0.15, 0.2) is 31.1 Å². The molecule has 2 N–H and O–H groups in total. The lowest BCUT2D eigenvalue weighted by Gasteiger charge is -2.17. The normalized spacial score (nSPS) is 12.5. The average Bonchev–Trinajstić information content (AvgIpc) is 2.14. The monoisotopic (exact) mass is 207 g/mol. The van der Waals surface area contributed by atoms with Crippen LogP contribution in [0, 0.1) is 0 Å². The fourth-order valence-electron chi connectivity index (χ4n) is 1.05. The zero-order chi connectivity index (χ0) is 10.6. The van der Waals surface area contributed by atoms with Crippen LogP contribution >= 0.6 is 0 Å². The first-order valence-corrected chi connectivity index (χ1v) is 7.01. The maximum Gasteiger partial charge on any atom is 0.140 e. The third-order valence-electron chi connectivity index (χ3n) is 1.78. The van der Waals surface area contributed by atoms with Crippen molar-refractivity contribution in [2.45, 2.75) is 18.8 Å². The molecule has 1 radical (unpaired) electrons. The van der Waals surface area contributed by atoms with E-state index in [0.29, 0.717) is 11.4 Å². The summed E-state index contributed by atoms with van der Waals surface area (Å²) in [6.45, 7) is 8.10. The Balaban J connectivity index is 2.72. The summed E-state index contributed by atoms with van der Waals surface area (Å²) >= 11 is 0. The molecule has 0 spiro atoms. The number of nitrogen functional groups attached to an aromatic ring is 1. The number of anilines is 1. The Hall–Kier alpha value is -1.29. The first-order valence-electron chi connectivity index (χ1n) is 4.43. The number of rotatable bonds is 4. The van der Waals surface area contributed by atoms with Gasteiger partial charge in [-0.25, -0.2) is 0 Å². The van der Waals surface area contributed by atoms with Gasteiger partial charge >= 0.3 is 0 Å². The summed E-state index contributed by atoms with van der Waals surface area (Å²) in [5, 5.41) is 0. The minimum atomic E-state index is -0.543. The van der Waals surface area contributed by atoms with Crippen molar-refractivity contribution in [2.24, 2.45) is 0 Å². The van der Waals surface area contributed by atoms with E-state index in [1.54, 1.807) is 18.5 Å². The lowest BCUT2D eigenvalue weighted by molar-refractivity contribution is 0.318. The van der Waals surface area contributed by atoms with Crippen molar-refractivity contribution < 1.29 is 4.74 Å². The molecule has 75 valence electrons. The van der Waals surface area contributed by atoms with Gasteiger partial charge in [-0.3, -0.25) is 4.98 Å². The van der Waals surface area contributed by atoms with Gasteiger partial charge in [0.25, 0.3) is 0 Å². The molecule has 1 unspecified atom stereocenters. The van der Waals surface area contributed by atoms with Gasteiger partial charge in [0.05, 0.1) is 26.9 Å². The van der Waals surface area contributed by atoms with E-state index < -0.39 is 8.80 Å². The minimum Gasteiger partial charge on any atom is -0.489 e. The van der Waals surface area contributed by atoms with Crippen molar-refractivity contribution in [3.05, 3.63) is 31.1 Å². The lowest BCUT2D eigenvalue weighted by atomic mass is 10.4. The number of aromatic nitrogens is 1. The molecule has 1 aromatic heterocycles. The van der Waals surface area contributed by atoms with E-state index in [2.05, 4.69) is 24.7 Å². The smallest absolute Gasteiger partial charge is 0.140 e. The van der Waals surface area contributed by atoms with Crippen LogP contribution in [0.2, 0.25) is 13.1 Å². The summed E-state index contributed by atoms with van der Waals surface area (Å²) in [6, 6.07) is 1.77. The Morgan fingerprint density at radius 2 is 2.29 bits per heavy atom. The van der Waals surface area contributed by atoms with E-state index >= 15 is 0 Å². The van der Waals surface area contributed by atoms with Gasteiger partial charge in [-0.15, -0.1) is 0 Å². The second-order valence-electron chi connectivity index (χ2n) is 3.31. The maximum absolute atomic E-state index is 5.69. The number of hydrogen-bond donors (Lipinski definition) is 1. The molecule has 0 saturated carbocycles. The van der Waals surface area contributed by atoms with E-state index in [1.165, 1.54) is 0 Å². The molecule has 0 amide bonds. The predicted octanol–water partition coefficient (Wildman–Crippen LogP) is 1.89. The highest BCUT2D eigenvalue weighted by atomic mass is 28.3. The quantitative estimate of drug-likeness (QED) is 0.606. The van der Waals surface area contributed by atoms with Gasteiger partial charge in [0.2, 0.25) is 0 Å². The number of pyridine rings is 1. The van der Waals surface area contributed by atoms with E-state index in [1.807, 2.05) is 6.08 Å². The summed E-state index contributed by atoms with van der Waals surface area (Å²) in [6.07, 6.45) is 5.09. The van der Waals surface area contributed by atoms with Crippen molar-refractivity contribution >= 4 is 14.5 Å². The fraction of sp³-hybridized carbons (Fsp3) is 0.300. The van der Waals surface area contributed by atoms with Crippen molar-refractivity contribution in [3.8, 4) is 5.75 Å². The Morgan fingerprint density at radius 3 is 2.79 bits per heavy atom. The highest BCUT2D eigenvalue weighted by Gasteiger charge is 2.12. The Labute approximate surface area is 86.2 Å². The fourth-order valence-corrected chi connectivity index (χ4v) is 1.89. The number of nitrogens with zero attached hydrogens (tertiary/aromatic N) is 1. The van der Waals surface area contributed by atoms with E-state index in [0.717, 1.165) is 0 Å². The van der Waals surface area contributed by atoms with E-state index in [-0.39, 0.29) is 5.73 Å². The molecule has 0 saturated heterocycles. The molecule has 1 atom stereocenters. The van der Waals surface area contributed by atoms with Crippen molar-refractivity contribution in [2.75, 3.05) is 5.73 Å². The second kappa shape index (κ2) is 4.81. The van der Waals surface area contributed by atoms with Crippen molar-refractivity contribution in [1.82, 2.24) is 4.98 Å². The predicted molar refractivity (Wildman–Crippen MR) is 60.7 cm³/mol. The molecule has 0 fully saturated rings. The zero-order valence-electron chi connectivity index (χ0n) is 8.53. The third-order valence-corrected chi connectivity index (χ3v) is 3.27. The molecular formula is C10H15N2OSi. The summed E-state index contributed by atoms with van der Waals surface area (Å²) < 4.78 is 5.69. The molecule has 3 nitrogen and oxygen atoms in total. The molecule has 4 heteroatoms. The Bertz CT molecular complexity index is 315. The third kappa shape index (κ3) is 2.88. The first kappa shape index (κ1) is 10.8. The van der Waals surface area contributed by atoms with Crippen LogP contribution < -0.4 is 10.5 Å². The number of hydrogen-bond acceptors (Lipinski definition) is 3. The maximum atomic E-state index is 5.69. The highest BCUT2D eigenvalue weighted by molar-refractivity contribution is 6.57. The molecule has 14 heavy (non-hydrogen) atoms. The molecule has 0 aliphatic carbocycles. The van der Waals surface area contributed by atoms with Crippen LogP contribution in [0.1, 0.15) is 0 Å². The second-order valence-corrected chi connectivity index (χ2v) is 6.03. The Morgan fingerprint density at radius 1 is 1.57 bits per heavy atom. The lowest BCUT2D eigenvalue weighted by Crippen LogP contribution is -2.28. The summed E-state index contributed by atoms with van der Waals surface area (Å²) in [4.78, 5) is 3.96. The van der Waals surface area contributed by atoms with Crippen LogP contribution in [0.4, 0.5) is 5.69 Å². The number of nitrogens with two attached hydrogens (primary N) is 1. The number of ether oxygens (including phenoxy) is 1.